The highest BCUT2D eigenvalue weighted by molar-refractivity contribution is 7.89. The van der Waals surface area contributed by atoms with Gasteiger partial charge in [-0.3, -0.25) is 0 Å². The summed E-state index contributed by atoms with van der Waals surface area (Å²) >= 11 is 0. The lowest BCUT2D eigenvalue weighted by atomic mass is 10.1. The highest BCUT2D eigenvalue weighted by atomic mass is 32.2. The fourth-order valence-electron chi connectivity index (χ4n) is 1.99. The Morgan fingerprint density at radius 2 is 1.83 bits per heavy atom. The van der Waals surface area contributed by atoms with Crippen molar-refractivity contribution in [2.45, 2.75) is 38.1 Å². The molecule has 0 amide bonds. The summed E-state index contributed by atoms with van der Waals surface area (Å²) in [4.78, 5) is 0.355. The van der Waals surface area contributed by atoms with E-state index in [4.69, 9.17) is 5.73 Å². The van der Waals surface area contributed by atoms with E-state index in [1.807, 2.05) is 26.8 Å². The summed E-state index contributed by atoms with van der Waals surface area (Å²) in [6.45, 7) is 7.99. The normalized spacial score (nSPS) is 13.0. The van der Waals surface area contributed by atoms with Gasteiger partial charge in [0.1, 0.15) is 0 Å². The highest BCUT2D eigenvalue weighted by Crippen LogP contribution is 2.25. The Bertz CT molecular complexity index is 509. The van der Waals surface area contributed by atoms with Gasteiger partial charge in [-0.25, -0.2) is 8.42 Å². The number of hydrogen-bond acceptors (Lipinski definition) is 3. The van der Waals surface area contributed by atoms with Crippen molar-refractivity contribution < 1.29 is 8.42 Å². The first-order chi connectivity index (χ1) is 8.27. The van der Waals surface area contributed by atoms with Gasteiger partial charge in [-0.2, -0.15) is 4.31 Å². The summed E-state index contributed by atoms with van der Waals surface area (Å²) in [5, 5.41) is 0. The molecule has 0 spiro atoms. The van der Waals surface area contributed by atoms with Crippen molar-refractivity contribution in [1.29, 1.82) is 0 Å². The molecule has 0 bridgehead atoms. The number of benzene rings is 1. The first-order valence-electron chi connectivity index (χ1n) is 6.06. The molecule has 2 N–H and O–H groups in total. The first kappa shape index (κ1) is 15.1. The standard InChI is InChI=1S/C13H22N2O2S/c1-5-15(13(3,4)10-14)18(16,17)12-9-7-6-8-11(12)2/h6-9H,5,10,14H2,1-4H3. The molecule has 18 heavy (non-hydrogen) atoms. The number of aryl methyl sites for hydroxylation is 1. The van der Waals surface area contributed by atoms with Gasteiger partial charge in [-0.15, -0.1) is 0 Å². The van der Waals surface area contributed by atoms with Crippen molar-refractivity contribution in [2.24, 2.45) is 5.73 Å². The van der Waals surface area contributed by atoms with Crippen molar-refractivity contribution in [1.82, 2.24) is 4.31 Å². The van der Waals surface area contributed by atoms with Gasteiger partial charge in [0.15, 0.2) is 0 Å². The fourth-order valence-corrected chi connectivity index (χ4v) is 4.02. The molecule has 0 heterocycles. The van der Waals surface area contributed by atoms with Crippen LogP contribution in [0.25, 0.3) is 0 Å². The molecule has 0 atom stereocenters. The third-order valence-electron chi connectivity index (χ3n) is 3.12. The monoisotopic (exact) mass is 270 g/mol. The third kappa shape index (κ3) is 2.74. The lowest BCUT2D eigenvalue weighted by Gasteiger charge is -2.36. The van der Waals surface area contributed by atoms with E-state index >= 15 is 0 Å². The predicted octanol–water partition coefficient (Wildman–Crippen LogP) is 1.74. The minimum atomic E-state index is -3.50. The minimum absolute atomic E-state index is 0.284. The summed E-state index contributed by atoms with van der Waals surface area (Å²) in [7, 11) is -3.50. The van der Waals surface area contributed by atoms with Crippen LogP contribution in [-0.2, 0) is 10.0 Å². The molecule has 0 saturated carbocycles. The molecular formula is C13H22N2O2S. The molecule has 0 radical (unpaired) electrons. The molecule has 1 rings (SSSR count). The van der Waals surface area contributed by atoms with Crippen LogP contribution in [0.1, 0.15) is 26.3 Å². The smallest absolute Gasteiger partial charge is 0.243 e. The number of likely N-dealkylation sites (N-methyl/N-ethyl adjacent to an activating group) is 1. The van der Waals surface area contributed by atoms with Gasteiger partial charge in [-0.05, 0) is 32.4 Å². The van der Waals surface area contributed by atoms with Crippen molar-refractivity contribution in [3.8, 4) is 0 Å². The second-order valence-corrected chi connectivity index (χ2v) is 6.78. The van der Waals surface area contributed by atoms with Crippen LogP contribution in [0, 0.1) is 6.92 Å². The fraction of sp³-hybridized carbons (Fsp3) is 0.538. The van der Waals surface area contributed by atoms with Crippen molar-refractivity contribution in [3.63, 3.8) is 0 Å². The topological polar surface area (TPSA) is 63.4 Å². The van der Waals surface area contributed by atoms with E-state index in [-0.39, 0.29) is 6.54 Å². The van der Waals surface area contributed by atoms with E-state index < -0.39 is 15.6 Å². The molecule has 0 aliphatic rings. The Hall–Kier alpha value is -0.910. The second kappa shape index (κ2) is 5.38. The van der Waals surface area contributed by atoms with Crippen LogP contribution in [0.4, 0.5) is 0 Å². The maximum absolute atomic E-state index is 12.7. The van der Waals surface area contributed by atoms with Crippen LogP contribution in [-0.4, -0.2) is 31.4 Å². The van der Waals surface area contributed by atoms with Crippen LogP contribution in [0.3, 0.4) is 0 Å². The van der Waals surface area contributed by atoms with Gasteiger partial charge in [0.25, 0.3) is 0 Å². The van der Waals surface area contributed by atoms with Gasteiger partial charge in [0.05, 0.1) is 4.90 Å². The highest BCUT2D eigenvalue weighted by Gasteiger charge is 2.35. The zero-order valence-corrected chi connectivity index (χ0v) is 12.3. The van der Waals surface area contributed by atoms with Gasteiger partial charge in [0.2, 0.25) is 10.0 Å². The number of hydrogen-bond donors (Lipinski definition) is 1. The summed E-state index contributed by atoms with van der Waals surface area (Å²) in [5.41, 5.74) is 5.86. The maximum Gasteiger partial charge on any atom is 0.243 e. The summed E-state index contributed by atoms with van der Waals surface area (Å²) in [6.07, 6.45) is 0. The lowest BCUT2D eigenvalue weighted by Crippen LogP contribution is -2.52. The van der Waals surface area contributed by atoms with Gasteiger partial charge in [-0.1, -0.05) is 25.1 Å². The number of nitrogens with zero attached hydrogens (tertiary/aromatic N) is 1. The summed E-state index contributed by atoms with van der Waals surface area (Å²) in [6, 6.07) is 7.01. The Labute approximate surface area is 110 Å². The molecule has 0 saturated heterocycles. The Kier molecular flexibility index (Phi) is 4.53. The van der Waals surface area contributed by atoms with Crippen LogP contribution in [0.15, 0.2) is 29.2 Å². The maximum atomic E-state index is 12.7. The molecular weight excluding hydrogens is 248 g/mol. The van der Waals surface area contributed by atoms with Gasteiger partial charge >= 0.3 is 0 Å². The van der Waals surface area contributed by atoms with E-state index in [0.29, 0.717) is 11.4 Å². The molecule has 0 aliphatic heterocycles. The Morgan fingerprint density at radius 1 is 1.28 bits per heavy atom. The van der Waals surface area contributed by atoms with Crippen molar-refractivity contribution in [3.05, 3.63) is 29.8 Å². The van der Waals surface area contributed by atoms with E-state index in [2.05, 4.69) is 0 Å². The van der Waals surface area contributed by atoms with Crippen LogP contribution < -0.4 is 5.73 Å². The van der Waals surface area contributed by atoms with E-state index in [9.17, 15) is 8.42 Å². The molecule has 102 valence electrons. The van der Waals surface area contributed by atoms with Gasteiger partial charge in [0, 0.05) is 18.6 Å². The number of nitrogens with two attached hydrogens (primary N) is 1. The van der Waals surface area contributed by atoms with Gasteiger partial charge < -0.3 is 5.73 Å². The molecule has 0 aliphatic carbocycles. The number of sulfonamides is 1. The summed E-state index contributed by atoms with van der Waals surface area (Å²) in [5.74, 6) is 0. The second-order valence-electron chi connectivity index (χ2n) is 4.95. The zero-order valence-electron chi connectivity index (χ0n) is 11.5. The van der Waals surface area contributed by atoms with Crippen LogP contribution in [0.5, 0.6) is 0 Å². The molecule has 5 heteroatoms. The predicted molar refractivity (Wildman–Crippen MR) is 73.9 cm³/mol. The minimum Gasteiger partial charge on any atom is -0.329 e. The molecule has 0 aromatic heterocycles. The summed E-state index contributed by atoms with van der Waals surface area (Å²) < 4.78 is 26.8. The third-order valence-corrected chi connectivity index (χ3v) is 5.47. The average molecular weight is 270 g/mol. The van der Waals surface area contributed by atoms with E-state index in [1.165, 1.54) is 4.31 Å². The van der Waals surface area contributed by atoms with Crippen LogP contribution >= 0.6 is 0 Å². The lowest BCUT2D eigenvalue weighted by molar-refractivity contribution is 0.244. The Morgan fingerprint density at radius 3 is 2.28 bits per heavy atom. The largest absolute Gasteiger partial charge is 0.329 e. The molecule has 1 aromatic carbocycles. The average Bonchev–Trinajstić information content (AvgIpc) is 2.29. The van der Waals surface area contributed by atoms with Crippen molar-refractivity contribution >= 4 is 10.0 Å². The van der Waals surface area contributed by atoms with Crippen molar-refractivity contribution in [2.75, 3.05) is 13.1 Å². The first-order valence-corrected chi connectivity index (χ1v) is 7.50. The molecule has 4 nitrogen and oxygen atoms in total. The molecule has 1 aromatic rings. The zero-order chi connectivity index (χ0) is 14.0. The SMILES string of the molecule is CCN(C(C)(C)CN)S(=O)(=O)c1ccccc1C. The molecule has 0 unspecified atom stereocenters. The van der Waals surface area contributed by atoms with E-state index in [1.54, 1.807) is 25.1 Å². The molecule has 0 fully saturated rings. The van der Waals surface area contributed by atoms with E-state index in [0.717, 1.165) is 5.56 Å². The Balaban J connectivity index is 3.33. The quantitative estimate of drug-likeness (QED) is 0.886. The number of rotatable bonds is 5. The van der Waals surface area contributed by atoms with Crippen LogP contribution in [0.2, 0.25) is 0 Å².